The van der Waals surface area contributed by atoms with Gasteiger partial charge in [-0.25, -0.2) is 0 Å². The van der Waals surface area contributed by atoms with Crippen LogP contribution in [0.25, 0.3) is 0 Å². The van der Waals surface area contributed by atoms with Gasteiger partial charge in [-0.05, 0) is 109 Å². The van der Waals surface area contributed by atoms with Gasteiger partial charge in [0.15, 0.2) is 0 Å². The maximum absolute atomic E-state index is 11.3. The maximum Gasteiger partial charge on any atom is 0.694 e. The first-order chi connectivity index (χ1) is 59.9. The fraction of sp³-hybridized carbons (Fsp3) is 0.864. The van der Waals surface area contributed by atoms with Crippen LogP contribution in [0.5, 0.6) is 0 Å². The third-order valence-corrected chi connectivity index (χ3v) is 18.9. The Kier molecular flexibility index (Phi) is 135. The van der Waals surface area contributed by atoms with Crippen molar-refractivity contribution in [3.63, 3.8) is 0 Å². The highest BCUT2D eigenvalue weighted by atomic mass is 31.1. The van der Waals surface area contributed by atoms with Crippen molar-refractivity contribution in [3.05, 3.63) is 48.6 Å². The fourth-order valence-electron chi connectivity index (χ4n) is 10.7. The molecule has 16 N–H and O–H groups in total. The minimum absolute atomic E-state index is 0.0217. The third-order valence-electron chi connectivity index (χ3n) is 17.4. The summed E-state index contributed by atoms with van der Waals surface area (Å²) in [5.74, 6) is 0.260. The molecule has 36 heteroatoms. The summed E-state index contributed by atoms with van der Waals surface area (Å²) in [7, 11) is -4.76. The van der Waals surface area contributed by atoms with Crippen LogP contribution in [0.1, 0.15) is 336 Å². The van der Waals surface area contributed by atoms with Crippen molar-refractivity contribution in [1.29, 1.82) is 0 Å². The van der Waals surface area contributed by atoms with E-state index in [1.165, 1.54) is 253 Å². The molecule has 0 aromatic rings. The van der Waals surface area contributed by atoms with Gasteiger partial charge in [-0.2, -0.15) is 0 Å². The quantitative estimate of drug-likeness (QED) is 0.0153. The Balaban J connectivity index is -0.000000212. The Hall–Kier alpha value is -3.56. The van der Waals surface area contributed by atoms with Crippen LogP contribution < -0.4 is 21.3 Å². The van der Waals surface area contributed by atoms with Gasteiger partial charge < -0.3 is 81.1 Å². The van der Waals surface area contributed by atoms with E-state index in [-0.39, 0.29) is 103 Å². The third kappa shape index (κ3) is 150. The molecule has 124 heavy (non-hydrogen) atoms. The number of ether oxygens (including phenoxy) is 4. The second-order valence-electron chi connectivity index (χ2n) is 29.4. The second kappa shape index (κ2) is 124. The second-order valence-corrected chi connectivity index (χ2v) is 32.3. The number of aliphatic hydroxyl groups is 8. The Morgan fingerprint density at radius 3 is 0.597 bits per heavy atom. The summed E-state index contributed by atoms with van der Waals surface area (Å²) >= 11 is 0. The van der Waals surface area contributed by atoms with Gasteiger partial charge in [0.2, 0.25) is 23.6 Å². The number of nitrogens with one attached hydrogen (secondary N) is 4. The van der Waals surface area contributed by atoms with Gasteiger partial charge in [0.25, 0.3) is 0 Å². The average Bonchev–Trinajstić information content (AvgIpc) is 1.07. The van der Waals surface area contributed by atoms with Crippen molar-refractivity contribution in [3.8, 4) is 0 Å². The van der Waals surface area contributed by atoms with Crippen LogP contribution in [0.15, 0.2) is 48.6 Å². The lowest BCUT2D eigenvalue weighted by atomic mass is 10.1. The molecule has 0 bridgehead atoms. The molecule has 0 aromatic carbocycles. The predicted molar refractivity (Wildman–Crippen MR) is 496 cm³/mol. The number of aliphatic hydroxyl groups excluding tert-OH is 8. The molecule has 0 aromatic heterocycles. The molecule has 8 atom stereocenters. The van der Waals surface area contributed by atoms with E-state index in [0.29, 0.717) is 51.9 Å². The van der Waals surface area contributed by atoms with Crippen LogP contribution in [-0.4, -0.2) is 242 Å². The molecule has 32 nitrogen and oxygen atoms in total. The molecule has 8 unspecified atom stereocenters. The number of carbonyl (C=O) groups is 4. The first-order valence-corrected chi connectivity index (χ1v) is 50.4. The molecule has 736 valence electrons. The molecule has 0 rings (SSSR count). The van der Waals surface area contributed by atoms with Crippen molar-refractivity contribution in [2.24, 2.45) is 0 Å². The fourth-order valence-corrected chi connectivity index (χ4v) is 11.9. The lowest BCUT2D eigenvalue weighted by molar-refractivity contribution is -0.122. The molecular formula is C88H180N4O28P4+4. The van der Waals surface area contributed by atoms with Crippen molar-refractivity contribution >= 4 is 56.6 Å². The molecule has 0 saturated heterocycles. The van der Waals surface area contributed by atoms with E-state index < -0.39 is 57.4 Å². The Morgan fingerprint density at radius 1 is 0.258 bits per heavy atom. The SMILES string of the molecule is CCCCC/C=C\C/C=C\CCCCCCCC(=O)NCCO.CCCCCCCC/C=C/CCCCCCCC(=O)NCCO.CCCCCCCC/C=C\CCCCCCCC(=O)NCCO.CCCCCCCCCC(=O)NCCO.COCC(O)CO[P+](=O)O.COCC(O)CO[P+](=O)O.COCC(O)CO[P+](=O)O.COCC(O)CO[P+](=O)O. The lowest BCUT2D eigenvalue weighted by Gasteiger charge is -2.03. The summed E-state index contributed by atoms with van der Waals surface area (Å²) in [5.41, 5.74) is 0. The van der Waals surface area contributed by atoms with Gasteiger partial charge in [-0.3, -0.25) is 19.2 Å². The number of methoxy groups -OCH3 is 4. The largest absolute Gasteiger partial charge is 0.694 e. The average molecular weight is 1870 g/mol. The molecule has 0 spiro atoms. The van der Waals surface area contributed by atoms with Crippen molar-refractivity contribution in [2.45, 2.75) is 360 Å². The highest BCUT2D eigenvalue weighted by Gasteiger charge is 2.19. The van der Waals surface area contributed by atoms with Gasteiger partial charge in [-0.1, -0.05) is 250 Å². The van der Waals surface area contributed by atoms with Crippen LogP contribution in [0, 0.1) is 0 Å². The maximum atomic E-state index is 11.3. The van der Waals surface area contributed by atoms with E-state index in [9.17, 15) is 37.4 Å². The van der Waals surface area contributed by atoms with Crippen molar-refractivity contribution in [1.82, 2.24) is 21.3 Å². The Labute approximate surface area is 752 Å². The molecule has 0 aliphatic rings. The molecule has 0 radical (unpaired) electrons. The summed E-state index contributed by atoms with van der Waals surface area (Å²) in [5, 5.41) is 80.2. The van der Waals surface area contributed by atoms with Gasteiger partial charge in [0.1, 0.15) is 50.8 Å². The first kappa shape index (κ1) is 136. The minimum atomic E-state index is -2.61. The van der Waals surface area contributed by atoms with Gasteiger partial charge in [0.05, 0.1) is 52.9 Å². The van der Waals surface area contributed by atoms with Gasteiger partial charge in [-0.15, -0.1) is 37.7 Å². The number of carbonyl (C=O) groups excluding carboxylic acids is 4. The Morgan fingerprint density at radius 2 is 0.419 bits per heavy atom. The van der Waals surface area contributed by atoms with E-state index in [1.807, 2.05) is 0 Å². The van der Waals surface area contributed by atoms with Crippen molar-refractivity contribution in [2.75, 3.05) is 134 Å². The molecule has 0 aliphatic carbocycles. The Bertz CT molecular complexity index is 2210. The summed E-state index contributed by atoms with van der Waals surface area (Å²) in [4.78, 5) is 77.4. The van der Waals surface area contributed by atoms with Gasteiger partial charge >= 0.3 is 33.0 Å². The zero-order valence-corrected chi connectivity index (χ0v) is 81.4. The van der Waals surface area contributed by atoms with Crippen LogP contribution in [0.4, 0.5) is 0 Å². The standard InChI is InChI=1S/2C20H39NO2.C20H37NO2.C12H25NO2.4C4H9O5P/c3*1-2-3-4-5-6-7-8-9-10-11-12-13-14-15-16-17-20(23)21-18-19-22;1-2-3-4-5-6-7-8-9-12(15)13-10-11-14;4*1-8-2-4(5)3-9-10(6)7/h2*9-10,22H,2-8,11-19H2,1H3,(H,21,23);6-7,9-10,22H,2-5,8,11-19H2,1H3,(H,21,23);14H,2-11H2,1H3,(H,13,15);4*4-5H,2-3H2,1H3/p+4/b10-9+;10-9-;7-6-,10-9-;;;;;. The van der Waals surface area contributed by atoms with Crippen LogP contribution in [0.3, 0.4) is 0 Å². The summed E-state index contributed by atoms with van der Waals surface area (Å²) in [6.07, 6.45) is 72.5. The summed E-state index contributed by atoms with van der Waals surface area (Å²) < 4.78 is 74.4. The monoisotopic (exact) mass is 1870 g/mol. The summed E-state index contributed by atoms with van der Waals surface area (Å²) in [6.45, 7) is 10.3. The summed E-state index contributed by atoms with van der Waals surface area (Å²) in [6, 6.07) is 0. The number of hydrogen-bond donors (Lipinski definition) is 16. The van der Waals surface area contributed by atoms with E-state index in [4.69, 9.17) is 60.4 Å². The zero-order chi connectivity index (χ0) is 94.3. The van der Waals surface area contributed by atoms with Gasteiger partial charge in [0, 0.05) is 98.6 Å². The number of allylic oxidation sites excluding steroid dienone is 8. The number of unbranched alkanes of at least 4 members (excludes halogenated alkanes) is 36. The first-order valence-electron chi connectivity index (χ1n) is 45.8. The molecule has 4 amide bonds. The molecule has 0 saturated carbocycles. The van der Waals surface area contributed by atoms with E-state index in [1.54, 1.807) is 0 Å². The topological polar surface area (TPSA) is 501 Å². The minimum Gasteiger partial charge on any atom is -0.395 e. The molecule has 0 fully saturated rings. The van der Waals surface area contributed by atoms with Crippen molar-refractivity contribution < 1.29 is 135 Å². The van der Waals surface area contributed by atoms with E-state index in [2.05, 4.69) is 135 Å². The number of rotatable bonds is 80. The number of hydrogen-bond acceptors (Lipinski definition) is 24. The van der Waals surface area contributed by atoms with E-state index in [0.717, 1.165) is 57.8 Å². The van der Waals surface area contributed by atoms with Crippen LogP contribution in [0.2, 0.25) is 0 Å². The lowest BCUT2D eigenvalue weighted by Crippen LogP contribution is -2.25. The molecule has 0 aliphatic heterocycles. The molecule has 0 heterocycles. The van der Waals surface area contributed by atoms with Crippen LogP contribution >= 0.6 is 33.0 Å². The highest BCUT2D eigenvalue weighted by Crippen LogP contribution is 2.19. The zero-order valence-electron chi connectivity index (χ0n) is 77.9. The highest BCUT2D eigenvalue weighted by molar-refractivity contribution is 7.32. The molecular weight excluding hydrogens is 1680 g/mol. The normalized spacial score (nSPS) is 12.4. The van der Waals surface area contributed by atoms with E-state index >= 15 is 0 Å². The predicted octanol–water partition coefficient (Wildman–Crippen LogP) is 16.0. The number of amides is 4. The van der Waals surface area contributed by atoms with Crippen LogP contribution in [-0.2, 0) is 74.5 Å². The smallest absolute Gasteiger partial charge is 0.395 e.